The molecule has 4 N–H and O–H groups in total. The Bertz CT molecular complexity index is 1530. The van der Waals surface area contributed by atoms with Gasteiger partial charge in [-0.05, 0) is 72.0 Å². The summed E-state index contributed by atoms with van der Waals surface area (Å²) in [4.78, 5) is 18.0. The van der Waals surface area contributed by atoms with E-state index >= 15 is 0 Å². The minimum atomic E-state index is -0.240. The largest absolute Gasteiger partial charge is 0.508 e. The number of carbonyl (C=O) groups excluding carboxylic acids is 1. The Morgan fingerprint density at radius 2 is 1.84 bits per heavy atom. The van der Waals surface area contributed by atoms with E-state index in [-0.39, 0.29) is 17.6 Å². The fourth-order valence-corrected chi connectivity index (χ4v) is 4.53. The number of nitrogens with one attached hydrogen (secondary N) is 1. The number of nitrogens with two attached hydrogens (primary N) is 1. The highest BCUT2D eigenvalue weighted by molar-refractivity contribution is 5.86. The quantitative estimate of drug-likeness (QED) is 0.144. The summed E-state index contributed by atoms with van der Waals surface area (Å²) in [6.07, 6.45) is 5.38. The van der Waals surface area contributed by atoms with Crippen molar-refractivity contribution in [2.45, 2.75) is 25.8 Å². The van der Waals surface area contributed by atoms with Gasteiger partial charge in [-0.2, -0.15) is 0 Å². The number of hydrogen-bond acceptors (Lipinski definition) is 5. The number of aromatic nitrogens is 2. The predicted molar refractivity (Wildman–Crippen MR) is 149 cm³/mol. The zero-order valence-electron chi connectivity index (χ0n) is 21.4. The van der Waals surface area contributed by atoms with Gasteiger partial charge in [0.15, 0.2) is 0 Å². The maximum Gasteiger partial charge on any atom is 0.124 e. The van der Waals surface area contributed by atoms with Crippen LogP contribution in [0.3, 0.4) is 0 Å². The third-order valence-corrected chi connectivity index (χ3v) is 6.45. The Hall–Kier alpha value is -4.33. The molecule has 1 unspecified atom stereocenters. The van der Waals surface area contributed by atoms with E-state index in [0.717, 1.165) is 45.1 Å². The first-order valence-corrected chi connectivity index (χ1v) is 12.3. The predicted octanol–water partition coefficient (Wildman–Crippen LogP) is 5.90. The first kappa shape index (κ1) is 26.7. The Morgan fingerprint density at radius 1 is 1.05 bits per heavy atom. The van der Waals surface area contributed by atoms with E-state index in [1.165, 1.54) is 11.6 Å². The topological polar surface area (TPSA) is 95.2 Å². The van der Waals surface area contributed by atoms with Gasteiger partial charge in [0, 0.05) is 42.3 Å². The maximum atomic E-state index is 13.6. The van der Waals surface area contributed by atoms with Gasteiger partial charge in [0.25, 0.3) is 0 Å². The number of phenolic OH excluding ortho intramolecular Hbond substituents is 1. The zero-order valence-corrected chi connectivity index (χ0v) is 21.4. The molecule has 2 heterocycles. The minimum absolute atomic E-state index is 0.155. The monoisotopic (exact) mass is 510 g/mol. The number of fused-ring (bicyclic) bond motifs is 1. The van der Waals surface area contributed by atoms with E-state index in [2.05, 4.69) is 35.1 Å². The summed E-state index contributed by atoms with van der Waals surface area (Å²) in [7, 11) is 1.82. The number of rotatable bonds is 7. The van der Waals surface area contributed by atoms with Crippen LogP contribution in [-0.2, 0) is 17.6 Å². The molecule has 3 aromatic carbocycles. The molecule has 0 spiro atoms. The van der Waals surface area contributed by atoms with Crippen molar-refractivity contribution in [3.05, 3.63) is 119 Å². The molecule has 0 saturated carbocycles. The fourth-order valence-electron chi connectivity index (χ4n) is 4.53. The SMILES string of the molecule is Cc1ccccc1-c1cccnc1C(Cc1cccc(F)c1)N(C)N.O=CCc1c[nH]c2ccc(O)cc12. The average molecular weight is 511 g/mol. The molecule has 194 valence electrons. The molecule has 6 nitrogen and oxygen atoms in total. The lowest BCUT2D eigenvalue weighted by Crippen LogP contribution is -2.33. The maximum absolute atomic E-state index is 13.6. The number of likely N-dealkylation sites (N-methyl/N-ethyl adjacent to an activating group) is 1. The minimum Gasteiger partial charge on any atom is -0.508 e. The Labute approximate surface area is 221 Å². The van der Waals surface area contributed by atoms with Crippen LogP contribution in [0, 0.1) is 12.7 Å². The van der Waals surface area contributed by atoms with E-state index in [9.17, 15) is 14.3 Å². The average Bonchev–Trinajstić information content (AvgIpc) is 3.30. The number of hydrazine groups is 1. The number of phenols is 1. The van der Waals surface area contributed by atoms with Gasteiger partial charge in [0.1, 0.15) is 17.9 Å². The number of carbonyl (C=O) groups is 1. The third-order valence-electron chi connectivity index (χ3n) is 6.45. The van der Waals surface area contributed by atoms with Gasteiger partial charge in [-0.3, -0.25) is 10.8 Å². The first-order chi connectivity index (χ1) is 18.4. The Kier molecular flexibility index (Phi) is 8.63. The van der Waals surface area contributed by atoms with Gasteiger partial charge in [0.2, 0.25) is 0 Å². The summed E-state index contributed by atoms with van der Waals surface area (Å²) < 4.78 is 13.6. The van der Waals surface area contributed by atoms with Crippen LogP contribution < -0.4 is 5.84 Å². The molecule has 2 aromatic heterocycles. The fraction of sp³-hybridized carbons (Fsp3) is 0.161. The number of H-pyrrole nitrogens is 1. The molecule has 5 rings (SSSR count). The molecule has 7 heteroatoms. The smallest absolute Gasteiger partial charge is 0.124 e. The summed E-state index contributed by atoms with van der Waals surface area (Å²) in [6.45, 7) is 2.08. The van der Waals surface area contributed by atoms with Gasteiger partial charge in [0.05, 0.1) is 11.7 Å². The first-order valence-electron chi connectivity index (χ1n) is 12.3. The van der Waals surface area contributed by atoms with Crippen LogP contribution in [0.1, 0.15) is 28.4 Å². The van der Waals surface area contributed by atoms with E-state index in [0.29, 0.717) is 12.8 Å². The van der Waals surface area contributed by atoms with Crippen molar-refractivity contribution in [3.8, 4) is 16.9 Å². The summed E-state index contributed by atoms with van der Waals surface area (Å²) in [5.74, 6) is 6.12. The lowest BCUT2D eigenvalue weighted by Gasteiger charge is -2.26. The molecular weight excluding hydrogens is 479 g/mol. The zero-order chi connectivity index (χ0) is 27.1. The number of aryl methyl sites for hydroxylation is 1. The summed E-state index contributed by atoms with van der Waals surface area (Å²) >= 11 is 0. The number of aldehydes is 1. The number of benzene rings is 3. The summed E-state index contributed by atoms with van der Waals surface area (Å²) in [6, 6.07) is 23.7. The molecule has 1 atom stereocenters. The van der Waals surface area contributed by atoms with Crippen LogP contribution in [0.2, 0.25) is 0 Å². The molecule has 0 radical (unpaired) electrons. The standard InChI is InChI=1S/C21H22FN3.C10H9NO2/c1-15-7-3-4-10-18(15)19-11-6-12-24-21(19)20(25(2)23)14-16-8-5-9-17(22)13-16;12-4-3-7-6-11-10-2-1-8(13)5-9(7)10/h3-13,20H,14,23H2,1-2H3;1-2,4-6,11,13H,3H2. The molecular formula is C31H31FN4O2. The number of aromatic amines is 1. The second-order valence-electron chi connectivity index (χ2n) is 9.18. The van der Waals surface area contributed by atoms with Gasteiger partial charge >= 0.3 is 0 Å². The van der Waals surface area contributed by atoms with E-state index in [1.54, 1.807) is 47.7 Å². The molecule has 0 aliphatic carbocycles. The molecule has 0 bridgehead atoms. The van der Waals surface area contributed by atoms with Crippen molar-refractivity contribution < 1.29 is 14.3 Å². The molecule has 38 heavy (non-hydrogen) atoms. The molecule has 0 aliphatic heterocycles. The second-order valence-corrected chi connectivity index (χ2v) is 9.18. The van der Waals surface area contributed by atoms with Crippen molar-refractivity contribution >= 4 is 17.2 Å². The van der Waals surface area contributed by atoms with Crippen LogP contribution in [0.25, 0.3) is 22.0 Å². The molecule has 0 amide bonds. The van der Waals surface area contributed by atoms with Crippen LogP contribution in [0.15, 0.2) is 91.3 Å². The van der Waals surface area contributed by atoms with Crippen molar-refractivity contribution in [1.82, 2.24) is 15.0 Å². The molecule has 5 aromatic rings. The number of pyridine rings is 1. The van der Waals surface area contributed by atoms with Gasteiger partial charge in [-0.15, -0.1) is 0 Å². The number of halogens is 1. The van der Waals surface area contributed by atoms with Crippen LogP contribution in [0.5, 0.6) is 5.75 Å². The number of hydrogen-bond donors (Lipinski definition) is 3. The highest BCUT2D eigenvalue weighted by Crippen LogP contribution is 2.32. The van der Waals surface area contributed by atoms with Crippen molar-refractivity contribution in [2.75, 3.05) is 7.05 Å². The number of nitrogens with zero attached hydrogens (tertiary/aromatic N) is 2. The normalized spacial score (nSPS) is 11.7. The lowest BCUT2D eigenvalue weighted by molar-refractivity contribution is -0.107. The Balaban J connectivity index is 0.000000216. The number of aromatic hydroxyl groups is 1. The molecule has 0 saturated heterocycles. The lowest BCUT2D eigenvalue weighted by atomic mass is 9.93. The van der Waals surface area contributed by atoms with E-state index in [4.69, 9.17) is 5.84 Å². The van der Waals surface area contributed by atoms with Gasteiger partial charge < -0.3 is 14.9 Å². The van der Waals surface area contributed by atoms with Crippen molar-refractivity contribution in [3.63, 3.8) is 0 Å². The van der Waals surface area contributed by atoms with Crippen LogP contribution in [-0.4, -0.2) is 33.4 Å². The molecule has 0 fully saturated rings. The van der Waals surface area contributed by atoms with E-state index in [1.807, 2.05) is 31.3 Å². The second kappa shape index (κ2) is 12.3. The third kappa shape index (κ3) is 6.32. The summed E-state index contributed by atoms with van der Waals surface area (Å²) in [5, 5.41) is 11.8. The van der Waals surface area contributed by atoms with Crippen molar-refractivity contribution in [1.29, 1.82) is 0 Å². The Morgan fingerprint density at radius 3 is 2.58 bits per heavy atom. The van der Waals surface area contributed by atoms with Crippen LogP contribution >= 0.6 is 0 Å². The van der Waals surface area contributed by atoms with Gasteiger partial charge in [-0.25, -0.2) is 9.40 Å². The van der Waals surface area contributed by atoms with Gasteiger partial charge in [-0.1, -0.05) is 42.5 Å². The highest BCUT2D eigenvalue weighted by atomic mass is 19.1. The highest BCUT2D eigenvalue weighted by Gasteiger charge is 2.21. The van der Waals surface area contributed by atoms with Crippen LogP contribution in [0.4, 0.5) is 4.39 Å². The van der Waals surface area contributed by atoms with E-state index < -0.39 is 0 Å². The van der Waals surface area contributed by atoms with Crippen molar-refractivity contribution in [2.24, 2.45) is 5.84 Å². The molecule has 0 aliphatic rings. The summed E-state index contributed by atoms with van der Waals surface area (Å²) in [5.41, 5.74) is 7.02.